The molecule has 1 rings (SSSR count). The second kappa shape index (κ2) is 8.21. The van der Waals surface area contributed by atoms with Crippen molar-refractivity contribution in [3.8, 4) is 0 Å². The fraction of sp³-hybridized carbons (Fsp3) is 0.500. The van der Waals surface area contributed by atoms with Crippen LogP contribution in [0.4, 0.5) is 9.18 Å². The third-order valence-corrected chi connectivity index (χ3v) is 3.50. The largest absolute Gasteiger partial charge is 0.396 e. The number of nitrogens with one attached hydrogen (secondary N) is 1. The quantitative estimate of drug-likeness (QED) is 0.831. The SMILES string of the molecule is C[C@H](Cc1ccc(F)c(Br)c1)NC(=O)N(C)CCCO. The zero-order chi connectivity index (χ0) is 15.1. The van der Waals surface area contributed by atoms with E-state index in [1.807, 2.05) is 6.92 Å². The Labute approximate surface area is 127 Å². The lowest BCUT2D eigenvalue weighted by Gasteiger charge is -2.21. The van der Waals surface area contributed by atoms with Crippen LogP contribution in [-0.2, 0) is 6.42 Å². The Morgan fingerprint density at radius 2 is 2.25 bits per heavy atom. The van der Waals surface area contributed by atoms with Gasteiger partial charge in [-0.25, -0.2) is 9.18 Å². The smallest absolute Gasteiger partial charge is 0.317 e. The summed E-state index contributed by atoms with van der Waals surface area (Å²) in [5.41, 5.74) is 0.948. The fourth-order valence-electron chi connectivity index (χ4n) is 1.80. The second-order valence-corrected chi connectivity index (χ2v) is 5.66. The molecule has 4 nitrogen and oxygen atoms in total. The molecule has 0 aliphatic heterocycles. The summed E-state index contributed by atoms with van der Waals surface area (Å²) in [6.45, 7) is 2.48. The van der Waals surface area contributed by atoms with Crippen molar-refractivity contribution in [3.63, 3.8) is 0 Å². The number of aliphatic hydroxyl groups excluding tert-OH is 1. The Bertz CT molecular complexity index is 457. The molecule has 1 atom stereocenters. The first-order valence-corrected chi connectivity index (χ1v) is 7.29. The molecule has 0 unspecified atom stereocenters. The Hall–Kier alpha value is -1.14. The number of urea groups is 1. The van der Waals surface area contributed by atoms with Gasteiger partial charge in [0.1, 0.15) is 5.82 Å². The van der Waals surface area contributed by atoms with Crippen LogP contribution in [0, 0.1) is 5.82 Å². The molecule has 0 aliphatic rings. The van der Waals surface area contributed by atoms with E-state index >= 15 is 0 Å². The first kappa shape index (κ1) is 16.9. The number of hydrogen-bond donors (Lipinski definition) is 2. The van der Waals surface area contributed by atoms with E-state index in [-0.39, 0.29) is 24.5 Å². The van der Waals surface area contributed by atoms with Crippen molar-refractivity contribution in [2.75, 3.05) is 20.2 Å². The maximum absolute atomic E-state index is 13.1. The lowest BCUT2D eigenvalue weighted by molar-refractivity contribution is 0.198. The third kappa shape index (κ3) is 5.46. The molecular weight excluding hydrogens is 327 g/mol. The minimum absolute atomic E-state index is 0.0589. The fourth-order valence-corrected chi connectivity index (χ4v) is 2.23. The van der Waals surface area contributed by atoms with E-state index in [1.54, 1.807) is 19.2 Å². The van der Waals surface area contributed by atoms with Gasteiger partial charge in [0.05, 0.1) is 4.47 Å². The lowest BCUT2D eigenvalue weighted by atomic mass is 10.1. The van der Waals surface area contributed by atoms with E-state index in [0.717, 1.165) is 5.56 Å². The van der Waals surface area contributed by atoms with Gasteiger partial charge in [-0.1, -0.05) is 6.07 Å². The highest BCUT2D eigenvalue weighted by atomic mass is 79.9. The maximum Gasteiger partial charge on any atom is 0.317 e. The Morgan fingerprint density at radius 3 is 2.85 bits per heavy atom. The number of carbonyl (C=O) groups is 1. The second-order valence-electron chi connectivity index (χ2n) is 4.80. The van der Waals surface area contributed by atoms with Crippen molar-refractivity contribution in [2.24, 2.45) is 0 Å². The first-order chi connectivity index (χ1) is 9.43. The van der Waals surface area contributed by atoms with Crippen molar-refractivity contribution in [1.82, 2.24) is 10.2 Å². The van der Waals surface area contributed by atoms with Crippen molar-refractivity contribution in [2.45, 2.75) is 25.8 Å². The highest BCUT2D eigenvalue weighted by Crippen LogP contribution is 2.17. The highest BCUT2D eigenvalue weighted by Gasteiger charge is 2.12. The van der Waals surface area contributed by atoms with Crippen molar-refractivity contribution in [3.05, 3.63) is 34.1 Å². The molecule has 1 aromatic carbocycles. The monoisotopic (exact) mass is 346 g/mol. The van der Waals surface area contributed by atoms with E-state index in [0.29, 0.717) is 23.9 Å². The average Bonchev–Trinajstić information content (AvgIpc) is 2.40. The van der Waals surface area contributed by atoms with Gasteiger partial charge < -0.3 is 15.3 Å². The number of benzene rings is 1. The van der Waals surface area contributed by atoms with Gasteiger partial charge in [0.15, 0.2) is 0 Å². The summed E-state index contributed by atoms with van der Waals surface area (Å²) in [6.07, 6.45) is 1.18. The molecule has 0 fully saturated rings. The zero-order valence-corrected chi connectivity index (χ0v) is 13.3. The van der Waals surface area contributed by atoms with Crippen LogP contribution in [0.2, 0.25) is 0 Å². The van der Waals surface area contributed by atoms with Gasteiger partial charge in [0.25, 0.3) is 0 Å². The van der Waals surface area contributed by atoms with Crippen LogP contribution in [0.3, 0.4) is 0 Å². The molecule has 112 valence electrons. The third-order valence-electron chi connectivity index (χ3n) is 2.89. The standard InChI is InChI=1S/C14H20BrFN2O2/c1-10(17-14(20)18(2)6-3-7-19)8-11-4-5-13(16)12(15)9-11/h4-5,9-10,19H,3,6-8H2,1-2H3,(H,17,20)/t10-/m1/s1. The van der Waals surface area contributed by atoms with Crippen molar-refractivity contribution in [1.29, 1.82) is 0 Å². The minimum Gasteiger partial charge on any atom is -0.396 e. The van der Waals surface area contributed by atoms with Crippen LogP contribution in [0.1, 0.15) is 18.9 Å². The Morgan fingerprint density at radius 1 is 1.55 bits per heavy atom. The number of rotatable bonds is 6. The molecule has 0 aliphatic carbocycles. The number of amides is 2. The van der Waals surface area contributed by atoms with Crippen LogP contribution >= 0.6 is 15.9 Å². The molecule has 0 heterocycles. The van der Waals surface area contributed by atoms with E-state index in [2.05, 4.69) is 21.2 Å². The number of hydrogen-bond acceptors (Lipinski definition) is 2. The first-order valence-electron chi connectivity index (χ1n) is 6.50. The molecule has 1 aromatic rings. The number of carbonyl (C=O) groups excluding carboxylic acids is 1. The molecule has 0 radical (unpaired) electrons. The average molecular weight is 347 g/mol. The van der Waals surface area contributed by atoms with Crippen molar-refractivity contribution >= 4 is 22.0 Å². The number of halogens is 2. The Kier molecular flexibility index (Phi) is 6.95. The molecule has 6 heteroatoms. The van der Waals surface area contributed by atoms with Crippen LogP contribution in [-0.4, -0.2) is 42.3 Å². The Balaban J connectivity index is 2.48. The summed E-state index contributed by atoms with van der Waals surface area (Å²) in [4.78, 5) is 13.4. The molecule has 20 heavy (non-hydrogen) atoms. The predicted molar refractivity (Wildman–Crippen MR) is 80.1 cm³/mol. The lowest BCUT2D eigenvalue weighted by Crippen LogP contribution is -2.43. The van der Waals surface area contributed by atoms with Crippen molar-refractivity contribution < 1.29 is 14.3 Å². The van der Waals surface area contributed by atoms with Crippen LogP contribution in [0.15, 0.2) is 22.7 Å². The minimum atomic E-state index is -0.297. The van der Waals surface area contributed by atoms with Gasteiger partial charge in [-0.05, 0) is 53.4 Å². The molecule has 2 N–H and O–H groups in total. The zero-order valence-electron chi connectivity index (χ0n) is 11.7. The molecule has 0 spiro atoms. The summed E-state index contributed by atoms with van der Waals surface area (Å²) in [6, 6.07) is 4.59. The van der Waals surface area contributed by atoms with E-state index in [1.165, 1.54) is 11.0 Å². The summed E-state index contributed by atoms with van der Waals surface area (Å²) in [5.74, 6) is -0.297. The van der Waals surface area contributed by atoms with E-state index in [9.17, 15) is 9.18 Å². The molecule has 0 saturated carbocycles. The van der Waals surface area contributed by atoms with Gasteiger partial charge in [-0.3, -0.25) is 0 Å². The summed E-state index contributed by atoms with van der Waals surface area (Å²) in [7, 11) is 1.69. The van der Waals surface area contributed by atoms with Crippen LogP contribution in [0.5, 0.6) is 0 Å². The molecule has 0 aromatic heterocycles. The summed E-state index contributed by atoms with van der Waals surface area (Å²) < 4.78 is 13.6. The maximum atomic E-state index is 13.1. The van der Waals surface area contributed by atoms with Gasteiger partial charge in [0.2, 0.25) is 0 Å². The van der Waals surface area contributed by atoms with Gasteiger partial charge in [-0.2, -0.15) is 0 Å². The molecule has 0 saturated heterocycles. The van der Waals surface area contributed by atoms with Gasteiger partial charge in [0, 0.05) is 26.2 Å². The topological polar surface area (TPSA) is 52.6 Å². The van der Waals surface area contributed by atoms with E-state index in [4.69, 9.17) is 5.11 Å². The molecule has 2 amide bonds. The van der Waals surface area contributed by atoms with E-state index < -0.39 is 0 Å². The number of nitrogens with zero attached hydrogens (tertiary/aromatic N) is 1. The normalized spacial score (nSPS) is 12.1. The summed E-state index contributed by atoms with van der Waals surface area (Å²) in [5, 5.41) is 11.6. The number of aliphatic hydroxyl groups is 1. The predicted octanol–water partition coefficient (Wildman–Crippen LogP) is 2.54. The molecule has 0 bridgehead atoms. The van der Waals surface area contributed by atoms with Crippen LogP contribution in [0.25, 0.3) is 0 Å². The van der Waals surface area contributed by atoms with Gasteiger partial charge in [-0.15, -0.1) is 0 Å². The van der Waals surface area contributed by atoms with Crippen LogP contribution < -0.4 is 5.32 Å². The highest BCUT2D eigenvalue weighted by molar-refractivity contribution is 9.10. The summed E-state index contributed by atoms with van der Waals surface area (Å²) >= 11 is 3.14. The van der Waals surface area contributed by atoms with Gasteiger partial charge >= 0.3 is 6.03 Å². The molecular formula is C14H20BrFN2O2.